The minimum atomic E-state index is -0.657. The van der Waals surface area contributed by atoms with E-state index in [1.54, 1.807) is 35.5 Å². The van der Waals surface area contributed by atoms with Crippen LogP contribution in [0.3, 0.4) is 0 Å². The van der Waals surface area contributed by atoms with Gasteiger partial charge in [-0.05, 0) is 54.8 Å². The van der Waals surface area contributed by atoms with E-state index in [0.717, 1.165) is 49.4 Å². The van der Waals surface area contributed by atoms with Crippen LogP contribution in [0.5, 0.6) is 5.75 Å². The highest BCUT2D eigenvalue weighted by atomic mass is 16.5. The lowest BCUT2D eigenvalue weighted by Crippen LogP contribution is -2.38. The quantitative estimate of drug-likeness (QED) is 0.400. The van der Waals surface area contributed by atoms with Crippen molar-refractivity contribution in [3.8, 4) is 5.75 Å². The van der Waals surface area contributed by atoms with Gasteiger partial charge in [0, 0.05) is 50.6 Å². The van der Waals surface area contributed by atoms with E-state index in [0.29, 0.717) is 25.3 Å². The zero-order valence-electron chi connectivity index (χ0n) is 19.3. The number of likely N-dealkylation sites (tertiary alicyclic amines) is 1. The van der Waals surface area contributed by atoms with E-state index in [1.165, 1.54) is 0 Å². The Hall–Kier alpha value is -3.23. The van der Waals surface area contributed by atoms with Crippen LogP contribution in [0, 0.1) is 0 Å². The lowest BCUT2D eigenvalue weighted by atomic mass is 9.95. The van der Waals surface area contributed by atoms with Gasteiger partial charge in [0.2, 0.25) is 0 Å². The minimum absolute atomic E-state index is 0.0706. The first-order valence-corrected chi connectivity index (χ1v) is 11.8. The number of Topliss-reactive ketones (excluding diaryl/α,β-unsaturated/α-hetero) is 1. The highest BCUT2D eigenvalue weighted by Gasteiger charge is 2.45. The second-order valence-corrected chi connectivity index (χ2v) is 9.04. The number of aliphatic hydroxyl groups is 1. The van der Waals surface area contributed by atoms with Gasteiger partial charge < -0.3 is 19.5 Å². The molecule has 0 saturated carbocycles. The highest BCUT2D eigenvalue weighted by molar-refractivity contribution is 6.46. The van der Waals surface area contributed by atoms with Crippen molar-refractivity contribution in [1.82, 2.24) is 14.8 Å². The number of ketones is 1. The van der Waals surface area contributed by atoms with Crippen molar-refractivity contribution < 1.29 is 24.2 Å². The molecule has 178 valence electrons. The summed E-state index contributed by atoms with van der Waals surface area (Å²) in [4.78, 5) is 34.3. The zero-order valence-corrected chi connectivity index (χ0v) is 19.3. The van der Waals surface area contributed by atoms with Crippen molar-refractivity contribution >= 4 is 17.4 Å². The third-order valence-corrected chi connectivity index (χ3v) is 6.71. The van der Waals surface area contributed by atoms with E-state index in [-0.39, 0.29) is 17.4 Å². The molecule has 1 N–H and O–H groups in total. The Morgan fingerprint density at radius 1 is 1.12 bits per heavy atom. The summed E-state index contributed by atoms with van der Waals surface area (Å²) in [5.41, 5.74) is 2.37. The number of pyridine rings is 1. The Kier molecular flexibility index (Phi) is 6.34. The van der Waals surface area contributed by atoms with Gasteiger partial charge in [0.05, 0.1) is 24.8 Å². The van der Waals surface area contributed by atoms with Gasteiger partial charge in [0.1, 0.15) is 17.6 Å². The summed E-state index contributed by atoms with van der Waals surface area (Å²) >= 11 is 0. The largest absolute Gasteiger partial charge is 0.507 e. The summed E-state index contributed by atoms with van der Waals surface area (Å²) in [5.74, 6) is -0.601. The maximum Gasteiger partial charge on any atom is 0.295 e. The summed E-state index contributed by atoms with van der Waals surface area (Å²) in [6.45, 7) is 6.39. The molecule has 8 heteroatoms. The normalized spacial score (nSPS) is 24.3. The van der Waals surface area contributed by atoms with Crippen LogP contribution in [0.2, 0.25) is 0 Å². The number of aromatic nitrogens is 1. The fraction of sp³-hybridized carbons (Fsp3) is 0.423. The Labute approximate surface area is 198 Å². The lowest BCUT2D eigenvalue weighted by Gasteiger charge is -2.29. The van der Waals surface area contributed by atoms with E-state index in [1.807, 2.05) is 19.1 Å². The van der Waals surface area contributed by atoms with E-state index in [2.05, 4.69) is 9.88 Å². The van der Waals surface area contributed by atoms with Crippen molar-refractivity contribution in [3.63, 3.8) is 0 Å². The van der Waals surface area contributed by atoms with Gasteiger partial charge in [-0.3, -0.25) is 19.5 Å². The number of morpholine rings is 1. The fourth-order valence-corrected chi connectivity index (χ4v) is 5.02. The number of hydrogen-bond donors (Lipinski definition) is 1. The zero-order chi connectivity index (χ0) is 23.7. The van der Waals surface area contributed by atoms with E-state index in [4.69, 9.17) is 9.47 Å². The molecule has 0 bridgehead atoms. The molecule has 2 aromatic rings. The van der Waals surface area contributed by atoms with Crippen LogP contribution in [0.1, 0.15) is 36.1 Å². The topological polar surface area (TPSA) is 92.2 Å². The van der Waals surface area contributed by atoms with Crippen molar-refractivity contribution in [2.24, 2.45) is 0 Å². The highest BCUT2D eigenvalue weighted by Crippen LogP contribution is 2.40. The monoisotopic (exact) mass is 463 g/mol. The smallest absolute Gasteiger partial charge is 0.295 e. The number of rotatable bonds is 6. The van der Waals surface area contributed by atoms with Gasteiger partial charge in [0.25, 0.3) is 11.7 Å². The molecule has 1 amide bonds. The average molecular weight is 464 g/mol. The van der Waals surface area contributed by atoms with Crippen LogP contribution in [-0.4, -0.2) is 77.1 Å². The molecule has 1 aromatic heterocycles. The molecule has 3 aliphatic heterocycles. The molecule has 3 aliphatic rings. The number of benzene rings is 1. The first-order valence-electron chi connectivity index (χ1n) is 11.8. The fourth-order valence-electron chi connectivity index (χ4n) is 5.02. The SMILES string of the molecule is CC1Cc2cc(/C(O)=C3\C(=O)C(=O)N(CCCN4CCOCC4)C3c3ccncc3)ccc2O1. The van der Waals surface area contributed by atoms with E-state index in [9.17, 15) is 14.7 Å². The third-order valence-electron chi connectivity index (χ3n) is 6.71. The van der Waals surface area contributed by atoms with Crippen molar-refractivity contribution in [3.05, 3.63) is 65.0 Å². The molecule has 0 radical (unpaired) electrons. The molecule has 5 rings (SSSR count). The van der Waals surface area contributed by atoms with Crippen LogP contribution in [0.4, 0.5) is 0 Å². The molecule has 4 heterocycles. The predicted molar refractivity (Wildman–Crippen MR) is 125 cm³/mol. The van der Waals surface area contributed by atoms with Crippen LogP contribution in [-0.2, 0) is 20.7 Å². The molecule has 2 saturated heterocycles. The Bertz CT molecular complexity index is 1110. The van der Waals surface area contributed by atoms with Crippen molar-refractivity contribution in [2.45, 2.75) is 31.9 Å². The standard InChI is InChI=1S/C26H29N3O5/c1-17-15-20-16-19(3-4-21(20)34-17)24(30)22-23(18-5-7-27-8-6-18)29(26(32)25(22)31)10-2-9-28-11-13-33-14-12-28/h3-8,16-17,23,30H,2,9-15H2,1H3/b24-22+. The number of nitrogens with zero attached hydrogens (tertiary/aromatic N) is 3. The summed E-state index contributed by atoms with van der Waals surface area (Å²) in [7, 11) is 0. The molecular weight excluding hydrogens is 434 g/mol. The number of fused-ring (bicyclic) bond motifs is 1. The Morgan fingerprint density at radius 3 is 2.65 bits per heavy atom. The van der Waals surface area contributed by atoms with E-state index >= 15 is 0 Å². The van der Waals surface area contributed by atoms with Gasteiger partial charge in [-0.2, -0.15) is 0 Å². The molecule has 8 nitrogen and oxygen atoms in total. The number of carbonyl (C=O) groups is 2. The number of amides is 1. The van der Waals surface area contributed by atoms with Crippen molar-refractivity contribution in [2.75, 3.05) is 39.4 Å². The van der Waals surface area contributed by atoms with Crippen molar-refractivity contribution in [1.29, 1.82) is 0 Å². The van der Waals surface area contributed by atoms with Crippen LogP contribution < -0.4 is 4.74 Å². The summed E-state index contributed by atoms with van der Waals surface area (Å²) in [6.07, 6.45) is 4.80. The Morgan fingerprint density at radius 2 is 1.88 bits per heavy atom. The summed E-state index contributed by atoms with van der Waals surface area (Å²) < 4.78 is 11.2. The first-order chi connectivity index (χ1) is 16.5. The maximum absolute atomic E-state index is 13.2. The molecular formula is C26H29N3O5. The number of hydrogen-bond acceptors (Lipinski definition) is 7. The predicted octanol–water partition coefficient (Wildman–Crippen LogP) is 2.55. The van der Waals surface area contributed by atoms with E-state index < -0.39 is 17.7 Å². The second-order valence-electron chi connectivity index (χ2n) is 9.04. The number of ether oxygens (including phenoxy) is 2. The van der Waals surface area contributed by atoms with Crippen LogP contribution >= 0.6 is 0 Å². The van der Waals surface area contributed by atoms with Crippen LogP contribution in [0.15, 0.2) is 48.3 Å². The second kappa shape index (κ2) is 9.56. The molecule has 2 fully saturated rings. The summed E-state index contributed by atoms with van der Waals surface area (Å²) in [5, 5.41) is 11.3. The molecule has 2 atom stereocenters. The molecule has 34 heavy (non-hydrogen) atoms. The lowest BCUT2D eigenvalue weighted by molar-refractivity contribution is -0.140. The van der Waals surface area contributed by atoms with Gasteiger partial charge >= 0.3 is 0 Å². The minimum Gasteiger partial charge on any atom is -0.507 e. The molecule has 0 aliphatic carbocycles. The first kappa shape index (κ1) is 22.6. The van der Waals surface area contributed by atoms with Gasteiger partial charge in [-0.15, -0.1) is 0 Å². The Balaban J connectivity index is 1.46. The molecule has 1 aromatic carbocycles. The summed E-state index contributed by atoms with van der Waals surface area (Å²) in [6, 6.07) is 8.32. The van der Waals surface area contributed by atoms with Crippen LogP contribution in [0.25, 0.3) is 5.76 Å². The third kappa shape index (κ3) is 4.31. The average Bonchev–Trinajstić information content (AvgIpc) is 3.35. The molecule has 2 unspecified atom stereocenters. The molecule has 0 spiro atoms. The number of carbonyl (C=O) groups excluding carboxylic acids is 2. The maximum atomic E-state index is 13.2. The van der Waals surface area contributed by atoms with Gasteiger partial charge in [-0.25, -0.2) is 0 Å². The number of aliphatic hydroxyl groups excluding tert-OH is 1. The van der Waals surface area contributed by atoms with Gasteiger partial charge in [0.15, 0.2) is 0 Å². The van der Waals surface area contributed by atoms with Gasteiger partial charge in [-0.1, -0.05) is 0 Å².